The summed E-state index contributed by atoms with van der Waals surface area (Å²) < 4.78 is 4.97. The highest BCUT2D eigenvalue weighted by Crippen LogP contribution is 2.16. The third kappa shape index (κ3) is 3.85. The van der Waals surface area contributed by atoms with Crippen LogP contribution < -0.4 is 10.1 Å². The quantitative estimate of drug-likeness (QED) is 0.881. The van der Waals surface area contributed by atoms with E-state index in [4.69, 9.17) is 27.9 Å². The number of halogens is 2. The number of methoxy groups -OCH3 is 1. The monoisotopic (exact) mass is 310 g/mol. The summed E-state index contributed by atoms with van der Waals surface area (Å²) in [5.41, 5.74) is 1.35. The van der Waals surface area contributed by atoms with Crippen molar-refractivity contribution in [3.05, 3.63) is 57.7 Å². The Labute approximate surface area is 126 Å². The minimum absolute atomic E-state index is 0.209. The molecule has 0 atom stereocenters. The average molecular weight is 311 g/mol. The summed E-state index contributed by atoms with van der Waals surface area (Å²) in [5.74, 6) is 0.0525. The molecule has 4 nitrogen and oxygen atoms in total. The summed E-state index contributed by atoms with van der Waals surface area (Å²) in [4.78, 5) is 15.9. The van der Waals surface area contributed by atoms with E-state index in [1.54, 1.807) is 12.1 Å². The van der Waals surface area contributed by atoms with Gasteiger partial charge >= 0.3 is 0 Å². The van der Waals surface area contributed by atoms with Gasteiger partial charge in [0.2, 0.25) is 5.88 Å². The number of pyridine rings is 1. The zero-order chi connectivity index (χ0) is 14.5. The van der Waals surface area contributed by atoms with Gasteiger partial charge in [-0.05, 0) is 23.8 Å². The molecule has 104 valence electrons. The third-order valence-corrected chi connectivity index (χ3v) is 3.05. The summed E-state index contributed by atoms with van der Waals surface area (Å²) in [6.07, 6.45) is 0. The van der Waals surface area contributed by atoms with Crippen LogP contribution in [0.25, 0.3) is 0 Å². The lowest BCUT2D eigenvalue weighted by Crippen LogP contribution is -2.22. The number of ether oxygens (including phenoxy) is 1. The fraction of sp³-hybridized carbons (Fsp3) is 0.143. The van der Waals surface area contributed by atoms with E-state index in [0.29, 0.717) is 23.0 Å². The van der Waals surface area contributed by atoms with Crippen LogP contribution in [0, 0.1) is 0 Å². The normalized spacial score (nSPS) is 10.2. The molecule has 0 saturated heterocycles. The molecule has 1 aromatic carbocycles. The number of carbonyl (C=O) groups is 1. The van der Waals surface area contributed by atoms with Gasteiger partial charge in [-0.25, -0.2) is 4.98 Å². The largest absolute Gasteiger partial charge is 0.481 e. The first-order valence-corrected chi connectivity index (χ1v) is 6.58. The lowest BCUT2D eigenvalue weighted by Gasteiger charge is -2.07. The van der Waals surface area contributed by atoms with Crippen LogP contribution in [0.4, 0.5) is 0 Å². The Hall–Kier alpha value is -1.78. The van der Waals surface area contributed by atoms with Crippen LogP contribution in [0.1, 0.15) is 15.9 Å². The van der Waals surface area contributed by atoms with Gasteiger partial charge in [-0.15, -0.1) is 0 Å². The van der Waals surface area contributed by atoms with Crippen molar-refractivity contribution in [3.63, 3.8) is 0 Å². The number of aromatic nitrogens is 1. The van der Waals surface area contributed by atoms with E-state index in [1.807, 2.05) is 12.1 Å². The molecule has 1 N–H and O–H groups in total. The second-order valence-electron chi connectivity index (χ2n) is 4.03. The fourth-order valence-electron chi connectivity index (χ4n) is 1.60. The minimum atomic E-state index is -0.248. The lowest BCUT2D eigenvalue weighted by molar-refractivity contribution is 0.0950. The van der Waals surface area contributed by atoms with Crippen LogP contribution in [0.15, 0.2) is 36.4 Å². The van der Waals surface area contributed by atoms with Gasteiger partial charge in [-0.2, -0.15) is 0 Å². The second-order valence-corrected chi connectivity index (χ2v) is 4.85. The number of nitrogens with one attached hydrogen (secondary N) is 1. The Morgan fingerprint density at radius 1 is 1.25 bits per heavy atom. The van der Waals surface area contributed by atoms with Crippen LogP contribution >= 0.6 is 23.2 Å². The van der Waals surface area contributed by atoms with Crippen molar-refractivity contribution in [2.24, 2.45) is 0 Å². The molecule has 6 heteroatoms. The van der Waals surface area contributed by atoms with E-state index < -0.39 is 0 Å². The number of nitrogens with zero attached hydrogens (tertiary/aromatic N) is 1. The summed E-state index contributed by atoms with van der Waals surface area (Å²) in [6.45, 7) is 0.401. The number of hydrogen-bond acceptors (Lipinski definition) is 3. The zero-order valence-electron chi connectivity index (χ0n) is 10.7. The SMILES string of the molecule is COc1cc(C(=O)NCc2ccc(Cl)cc2)cc(Cl)n1. The first-order chi connectivity index (χ1) is 9.58. The lowest BCUT2D eigenvalue weighted by atomic mass is 10.2. The van der Waals surface area contributed by atoms with Gasteiger partial charge in [0.1, 0.15) is 5.15 Å². The van der Waals surface area contributed by atoms with E-state index >= 15 is 0 Å². The fourth-order valence-corrected chi connectivity index (χ4v) is 1.92. The second kappa shape index (κ2) is 6.59. The number of benzene rings is 1. The number of hydrogen-bond donors (Lipinski definition) is 1. The smallest absolute Gasteiger partial charge is 0.251 e. The van der Waals surface area contributed by atoms with Crippen LogP contribution in [-0.4, -0.2) is 18.0 Å². The maximum atomic E-state index is 12.0. The molecule has 1 heterocycles. The Balaban J connectivity index is 2.04. The Kier molecular flexibility index (Phi) is 4.82. The molecule has 1 amide bonds. The minimum Gasteiger partial charge on any atom is -0.481 e. The molecule has 0 bridgehead atoms. The van der Waals surface area contributed by atoms with E-state index in [0.717, 1.165) is 5.56 Å². The van der Waals surface area contributed by atoms with Gasteiger partial charge in [0, 0.05) is 23.2 Å². The standard InChI is InChI=1S/C14H12Cl2N2O2/c1-20-13-7-10(6-12(16)18-13)14(19)17-8-9-2-4-11(15)5-3-9/h2-7H,8H2,1H3,(H,17,19). The molecule has 0 radical (unpaired) electrons. The van der Waals surface area contributed by atoms with Crippen LogP contribution in [0.5, 0.6) is 5.88 Å². The third-order valence-electron chi connectivity index (χ3n) is 2.61. The Bertz CT molecular complexity index is 615. The van der Waals surface area contributed by atoms with Crippen molar-refractivity contribution < 1.29 is 9.53 Å². The van der Waals surface area contributed by atoms with Gasteiger partial charge < -0.3 is 10.1 Å². The number of rotatable bonds is 4. The van der Waals surface area contributed by atoms with E-state index in [9.17, 15) is 4.79 Å². The van der Waals surface area contributed by atoms with Gasteiger partial charge in [0.15, 0.2) is 0 Å². The van der Waals surface area contributed by atoms with Crippen LogP contribution in [0.3, 0.4) is 0 Å². The predicted molar refractivity (Wildman–Crippen MR) is 78.4 cm³/mol. The summed E-state index contributed by atoms with van der Waals surface area (Å²) in [6, 6.07) is 10.3. The summed E-state index contributed by atoms with van der Waals surface area (Å²) in [5, 5.41) is 3.66. The predicted octanol–water partition coefficient (Wildman–Crippen LogP) is 3.33. The summed E-state index contributed by atoms with van der Waals surface area (Å²) >= 11 is 11.6. The van der Waals surface area contributed by atoms with Crippen molar-refractivity contribution in [2.75, 3.05) is 7.11 Å². The first-order valence-electron chi connectivity index (χ1n) is 5.82. The number of amides is 1. The van der Waals surface area contributed by atoms with Crippen LogP contribution in [0.2, 0.25) is 10.2 Å². The molecule has 2 rings (SSSR count). The molecule has 20 heavy (non-hydrogen) atoms. The van der Waals surface area contributed by atoms with E-state index in [-0.39, 0.29) is 11.1 Å². The molecular weight excluding hydrogens is 299 g/mol. The highest BCUT2D eigenvalue weighted by molar-refractivity contribution is 6.30. The summed E-state index contributed by atoms with van der Waals surface area (Å²) in [7, 11) is 1.47. The molecule has 0 aliphatic carbocycles. The van der Waals surface area contributed by atoms with E-state index in [2.05, 4.69) is 10.3 Å². The molecular formula is C14H12Cl2N2O2. The van der Waals surface area contributed by atoms with Gasteiger partial charge in [0.25, 0.3) is 5.91 Å². The van der Waals surface area contributed by atoms with Gasteiger partial charge in [-0.1, -0.05) is 35.3 Å². The topological polar surface area (TPSA) is 51.2 Å². The van der Waals surface area contributed by atoms with Crippen molar-refractivity contribution in [3.8, 4) is 5.88 Å². The van der Waals surface area contributed by atoms with Crippen molar-refractivity contribution in [1.29, 1.82) is 0 Å². The molecule has 2 aromatic rings. The molecule has 0 fully saturated rings. The van der Waals surface area contributed by atoms with Crippen molar-refractivity contribution in [1.82, 2.24) is 10.3 Å². The van der Waals surface area contributed by atoms with E-state index in [1.165, 1.54) is 19.2 Å². The molecule has 0 aliphatic rings. The molecule has 0 saturated carbocycles. The molecule has 0 aliphatic heterocycles. The molecule has 1 aromatic heterocycles. The van der Waals surface area contributed by atoms with Crippen LogP contribution in [-0.2, 0) is 6.54 Å². The average Bonchev–Trinajstić information content (AvgIpc) is 2.45. The number of carbonyl (C=O) groups excluding carboxylic acids is 1. The van der Waals surface area contributed by atoms with Gasteiger partial charge in [-0.3, -0.25) is 4.79 Å². The molecule has 0 spiro atoms. The molecule has 0 unspecified atom stereocenters. The van der Waals surface area contributed by atoms with Crippen molar-refractivity contribution in [2.45, 2.75) is 6.54 Å². The van der Waals surface area contributed by atoms with Gasteiger partial charge in [0.05, 0.1) is 7.11 Å². The Morgan fingerprint density at radius 3 is 2.60 bits per heavy atom. The maximum Gasteiger partial charge on any atom is 0.251 e. The first kappa shape index (κ1) is 14.6. The Morgan fingerprint density at radius 2 is 1.95 bits per heavy atom. The van der Waals surface area contributed by atoms with Crippen molar-refractivity contribution >= 4 is 29.1 Å². The highest BCUT2D eigenvalue weighted by atomic mass is 35.5. The highest BCUT2D eigenvalue weighted by Gasteiger charge is 2.09. The maximum absolute atomic E-state index is 12.0. The zero-order valence-corrected chi connectivity index (χ0v) is 12.2.